The molecule has 1 saturated heterocycles. The van der Waals surface area contributed by atoms with E-state index in [2.05, 4.69) is 63.2 Å². The van der Waals surface area contributed by atoms with Crippen molar-refractivity contribution in [2.45, 2.75) is 179 Å². The molecule has 1 aliphatic heterocycles. The van der Waals surface area contributed by atoms with Gasteiger partial charge in [0, 0.05) is 54.9 Å². The molecule has 0 unspecified atom stereocenters. The van der Waals surface area contributed by atoms with Gasteiger partial charge in [-0.3, -0.25) is 62.7 Å². The SMILES string of the molecule is CC(C)C[C@@H]1NC(=O)[C@H](CCCN=C(N)N)NC(=O)[C@H](C(C)C)NC(=O)[C@H](CCCN=C(N)N)NC(=O)[C@@H](CCC(N)=O)NC(=O)[C@H](CC(C)C)NC(=O)[C@H](Cc2cccs2)NC(=O)[C@H](Cc2ccc(O)cc2)NC(=O)[C@H](Cc2cccs2)NC(=O)[C@@H](Cc2ccccc2)NC1=O. The minimum absolute atomic E-state index is 0.0140. The van der Waals surface area contributed by atoms with Crippen molar-refractivity contribution >= 4 is 99.6 Å². The van der Waals surface area contributed by atoms with Crippen LogP contribution in [0.1, 0.15) is 114 Å². The van der Waals surface area contributed by atoms with Gasteiger partial charge in [-0.2, -0.15) is 0 Å². The van der Waals surface area contributed by atoms with Crippen LogP contribution in [0.4, 0.5) is 0 Å². The molecule has 11 amide bonds. The van der Waals surface area contributed by atoms with Gasteiger partial charge in [0.05, 0.1) is 0 Å². The molecule has 10 atom stereocenters. The molecule has 0 bridgehead atoms. The maximum Gasteiger partial charge on any atom is 0.243 e. The summed E-state index contributed by atoms with van der Waals surface area (Å²) in [6.07, 6.45) is -1.45. The maximum atomic E-state index is 15.1. The summed E-state index contributed by atoms with van der Waals surface area (Å²) < 4.78 is 0. The number of aromatic hydroxyl groups is 1. The Bertz CT molecular complexity index is 3330. The molecule has 0 spiro atoms. The first kappa shape index (κ1) is 78.0. The number of nitrogens with zero attached hydrogens (tertiary/aromatic N) is 2. The molecular formula is C66H95N17O12S2. The first-order valence-electron chi connectivity index (χ1n) is 32.3. The second-order valence-electron chi connectivity index (χ2n) is 25.1. The van der Waals surface area contributed by atoms with Crippen molar-refractivity contribution in [2.24, 2.45) is 56.4 Å². The van der Waals surface area contributed by atoms with E-state index in [1.54, 1.807) is 107 Å². The average Bonchev–Trinajstić information content (AvgIpc) is 1.22. The van der Waals surface area contributed by atoms with Crippen LogP contribution in [0.2, 0.25) is 0 Å². The maximum absolute atomic E-state index is 15.1. The summed E-state index contributed by atoms with van der Waals surface area (Å²) in [5, 5.41) is 41.4. The van der Waals surface area contributed by atoms with Crippen molar-refractivity contribution in [1.82, 2.24) is 53.2 Å². The second kappa shape index (κ2) is 39.4. The van der Waals surface area contributed by atoms with Crippen molar-refractivity contribution in [1.29, 1.82) is 0 Å². The normalized spacial score (nSPS) is 22.6. The number of thiophene rings is 2. The van der Waals surface area contributed by atoms with E-state index in [0.717, 1.165) is 0 Å². The molecule has 2 aromatic carbocycles. The predicted molar refractivity (Wildman–Crippen MR) is 369 cm³/mol. The third kappa shape index (κ3) is 27.5. The van der Waals surface area contributed by atoms with E-state index in [1.807, 2.05) is 0 Å². The number of hydrogen-bond donors (Lipinski definition) is 16. The van der Waals surface area contributed by atoms with Crippen molar-refractivity contribution in [2.75, 3.05) is 13.1 Å². The number of carbonyl (C=O) groups excluding carboxylic acids is 11. The molecule has 97 heavy (non-hydrogen) atoms. The molecule has 2 aromatic heterocycles. The molecule has 0 aliphatic carbocycles. The van der Waals surface area contributed by atoms with Gasteiger partial charge in [-0.05, 0) is 109 Å². The smallest absolute Gasteiger partial charge is 0.243 e. The number of phenolic OH excluding ortho intramolecular Hbond substituents is 1. The summed E-state index contributed by atoms with van der Waals surface area (Å²) in [4.78, 5) is 170. The summed E-state index contributed by atoms with van der Waals surface area (Å²) in [6, 6.07) is 7.11. The van der Waals surface area contributed by atoms with Crippen LogP contribution >= 0.6 is 22.7 Å². The number of nitrogens with two attached hydrogens (primary N) is 5. The van der Waals surface area contributed by atoms with E-state index in [9.17, 15) is 43.5 Å². The molecule has 29 nitrogen and oxygen atoms in total. The van der Waals surface area contributed by atoms with E-state index >= 15 is 14.4 Å². The molecule has 5 rings (SSSR count). The van der Waals surface area contributed by atoms with Gasteiger partial charge in [0.2, 0.25) is 65.0 Å². The number of guanidine groups is 2. The van der Waals surface area contributed by atoms with Crippen molar-refractivity contribution in [3.63, 3.8) is 0 Å². The van der Waals surface area contributed by atoms with Gasteiger partial charge in [-0.15, -0.1) is 22.7 Å². The average molecular weight is 1380 g/mol. The van der Waals surface area contributed by atoms with Crippen LogP contribution in [0.15, 0.2) is 99.6 Å². The Balaban J connectivity index is 1.69. The quantitative estimate of drug-likeness (QED) is 0.0245. The number of phenols is 1. The Morgan fingerprint density at radius 1 is 0.412 bits per heavy atom. The van der Waals surface area contributed by atoms with Crippen molar-refractivity contribution in [3.8, 4) is 5.75 Å². The van der Waals surface area contributed by atoms with Gasteiger partial charge in [-0.25, -0.2) is 0 Å². The van der Waals surface area contributed by atoms with Gasteiger partial charge in [-0.1, -0.05) is 96.1 Å². The molecule has 1 aliphatic rings. The van der Waals surface area contributed by atoms with E-state index in [4.69, 9.17) is 28.7 Å². The highest BCUT2D eigenvalue weighted by molar-refractivity contribution is 7.10. The highest BCUT2D eigenvalue weighted by Gasteiger charge is 2.38. The lowest BCUT2D eigenvalue weighted by Gasteiger charge is -2.30. The molecule has 3 heterocycles. The van der Waals surface area contributed by atoms with E-state index in [1.165, 1.54) is 46.9 Å². The van der Waals surface area contributed by atoms with Gasteiger partial charge >= 0.3 is 0 Å². The number of carbonyl (C=O) groups is 11. The third-order valence-corrected chi connectivity index (χ3v) is 17.4. The standard InChI is InChI=1S/C66H95N17O12S2/c1-36(2)30-47-58(89)75-46(24-25-53(67)85)56(87)74-45(19-11-27-73-66(70)71)57(88)83-54(38(5)6)64(95)76-44(18-10-26-72-65(68)69)55(86)77-48(31-37(3)4)59(90)79-49(32-39-14-8-7-9-15-39)60(91)82-52(35-43-17-13-29-97-43)63(94)80-50(33-40-20-22-41(84)23-21-40)61(92)81-51(62(93)78-47)34-42-16-12-28-96-42/h7-9,12-17,20-23,28-29,36-38,44-52,54,84H,10-11,18-19,24-27,30-35H2,1-6H3,(H2,67,85)(H,74,87)(H,75,89)(H,76,95)(H,77,86)(H,78,93)(H,79,90)(H,80,94)(H,81,92)(H,82,91)(H,83,88)(H4,68,69,72)(H4,70,71,73)/t44-,45-,46+,47-,48-,49+,50-,51-,52-,54-/m0/s1. The monoisotopic (exact) mass is 1380 g/mol. The number of primary amides is 1. The fraction of sp³-hybridized carbons (Fsp3) is 0.500. The first-order chi connectivity index (χ1) is 46.0. The Labute approximate surface area is 572 Å². The van der Waals surface area contributed by atoms with E-state index < -0.39 is 144 Å². The molecule has 0 radical (unpaired) electrons. The number of hydrogen-bond acceptors (Lipinski definition) is 16. The first-order valence-corrected chi connectivity index (χ1v) is 34.1. The van der Waals surface area contributed by atoms with Crippen molar-refractivity contribution in [3.05, 3.63) is 111 Å². The highest BCUT2D eigenvalue weighted by Crippen LogP contribution is 2.19. The Morgan fingerprint density at radius 3 is 1.12 bits per heavy atom. The second-order valence-corrected chi connectivity index (χ2v) is 27.1. The largest absolute Gasteiger partial charge is 0.508 e. The summed E-state index contributed by atoms with van der Waals surface area (Å²) in [6.45, 7) is 10.4. The minimum atomic E-state index is -1.59. The lowest BCUT2D eigenvalue weighted by atomic mass is 9.99. The zero-order chi connectivity index (χ0) is 71.3. The molecule has 528 valence electrons. The topological polar surface area (TPSA) is 483 Å². The number of benzene rings is 2. The van der Waals surface area contributed by atoms with Crippen LogP contribution in [0.3, 0.4) is 0 Å². The Hall–Kier alpha value is -9.65. The van der Waals surface area contributed by atoms with Crippen LogP contribution in [-0.4, -0.2) is 156 Å². The van der Waals surface area contributed by atoms with Crippen LogP contribution in [0, 0.1) is 17.8 Å². The number of amides is 11. The fourth-order valence-electron chi connectivity index (χ4n) is 10.5. The molecule has 0 saturated carbocycles. The molecule has 31 heteroatoms. The summed E-state index contributed by atoms with van der Waals surface area (Å²) >= 11 is 2.57. The highest BCUT2D eigenvalue weighted by atomic mass is 32.1. The molecular weight excluding hydrogens is 1290 g/mol. The molecule has 1 fully saturated rings. The van der Waals surface area contributed by atoms with Crippen LogP contribution in [0.5, 0.6) is 5.75 Å². The predicted octanol–water partition coefficient (Wildman–Crippen LogP) is -0.232. The minimum Gasteiger partial charge on any atom is -0.508 e. The van der Waals surface area contributed by atoms with Gasteiger partial charge < -0.3 is 86.9 Å². The van der Waals surface area contributed by atoms with E-state index in [-0.39, 0.29) is 107 Å². The van der Waals surface area contributed by atoms with Crippen molar-refractivity contribution < 1.29 is 57.8 Å². The number of aliphatic imine (C=N–C) groups is 2. The lowest BCUT2D eigenvalue weighted by molar-refractivity contribution is -0.137. The van der Waals surface area contributed by atoms with Gasteiger partial charge in [0.1, 0.15) is 66.2 Å². The van der Waals surface area contributed by atoms with Gasteiger partial charge in [0.15, 0.2) is 11.9 Å². The number of nitrogens with one attached hydrogen (secondary N) is 10. The van der Waals surface area contributed by atoms with Crippen LogP contribution in [-0.2, 0) is 78.4 Å². The van der Waals surface area contributed by atoms with Gasteiger partial charge in [0.25, 0.3) is 0 Å². The fourth-order valence-corrected chi connectivity index (χ4v) is 12.1. The summed E-state index contributed by atoms with van der Waals surface area (Å²) in [5.41, 5.74) is 29.1. The molecule has 21 N–H and O–H groups in total. The van der Waals surface area contributed by atoms with Crippen LogP contribution < -0.4 is 81.8 Å². The summed E-state index contributed by atoms with van der Waals surface area (Å²) in [5.74, 6) is -11.3. The zero-order valence-electron chi connectivity index (χ0n) is 55.6. The number of rotatable bonds is 24. The third-order valence-electron chi connectivity index (χ3n) is 15.6. The lowest BCUT2D eigenvalue weighted by Crippen LogP contribution is -2.62. The van der Waals surface area contributed by atoms with Crippen LogP contribution in [0.25, 0.3) is 0 Å². The van der Waals surface area contributed by atoms with E-state index in [0.29, 0.717) is 20.9 Å². The summed E-state index contributed by atoms with van der Waals surface area (Å²) in [7, 11) is 0. The molecule has 4 aromatic rings. The zero-order valence-corrected chi connectivity index (χ0v) is 57.2. The Kier molecular flexibility index (Phi) is 31.7. The Morgan fingerprint density at radius 2 is 0.753 bits per heavy atom.